The van der Waals surface area contributed by atoms with Gasteiger partial charge in [0.2, 0.25) is 0 Å². The Balaban J connectivity index is 2.12. The van der Waals surface area contributed by atoms with Crippen LogP contribution in [0.2, 0.25) is 0 Å². The second kappa shape index (κ2) is 4.57. The van der Waals surface area contributed by atoms with Crippen LogP contribution in [0.5, 0.6) is 0 Å². The first-order chi connectivity index (χ1) is 8.06. The van der Waals surface area contributed by atoms with Crippen LogP contribution < -0.4 is 5.32 Å². The van der Waals surface area contributed by atoms with Gasteiger partial charge in [0, 0.05) is 12.7 Å². The maximum atomic E-state index is 13.1. The fourth-order valence-electron chi connectivity index (χ4n) is 1.80. The first-order valence-corrected chi connectivity index (χ1v) is 5.56. The van der Waals surface area contributed by atoms with Crippen molar-refractivity contribution in [2.24, 2.45) is 7.05 Å². The summed E-state index contributed by atoms with van der Waals surface area (Å²) in [6.45, 7) is 4.55. The van der Waals surface area contributed by atoms with Crippen molar-refractivity contribution in [1.82, 2.24) is 9.78 Å². The molecule has 2 aromatic rings. The van der Waals surface area contributed by atoms with Crippen LogP contribution >= 0.6 is 0 Å². The zero-order valence-corrected chi connectivity index (χ0v) is 10.3. The number of hydrogen-bond donors (Lipinski definition) is 1. The number of anilines is 1. The second-order valence-corrected chi connectivity index (χ2v) is 4.21. The fraction of sp³-hybridized carbons (Fsp3) is 0.308. The van der Waals surface area contributed by atoms with E-state index >= 15 is 0 Å². The quantitative estimate of drug-likeness (QED) is 0.883. The Morgan fingerprint density at radius 2 is 2.06 bits per heavy atom. The van der Waals surface area contributed by atoms with Gasteiger partial charge >= 0.3 is 0 Å². The van der Waals surface area contributed by atoms with Gasteiger partial charge in [-0.05, 0) is 37.6 Å². The molecule has 0 aliphatic rings. The van der Waals surface area contributed by atoms with E-state index in [1.54, 1.807) is 6.07 Å². The highest BCUT2D eigenvalue weighted by molar-refractivity contribution is 5.50. The lowest BCUT2D eigenvalue weighted by molar-refractivity contribution is 0.627. The van der Waals surface area contributed by atoms with E-state index in [2.05, 4.69) is 10.4 Å². The summed E-state index contributed by atoms with van der Waals surface area (Å²) < 4.78 is 14.9. The highest BCUT2D eigenvalue weighted by Crippen LogP contribution is 2.17. The van der Waals surface area contributed by atoms with Gasteiger partial charge in [0.25, 0.3) is 0 Å². The summed E-state index contributed by atoms with van der Waals surface area (Å²) in [5, 5.41) is 7.49. The molecule has 1 aromatic heterocycles. The third-order valence-electron chi connectivity index (χ3n) is 2.76. The standard InChI is InChI=1S/C13H16FN3/c1-9-4-5-11(14)7-13(9)15-8-12-6-10(2)16-17(12)3/h4-7,15H,8H2,1-3H3. The highest BCUT2D eigenvalue weighted by Gasteiger charge is 2.04. The van der Waals surface area contributed by atoms with Crippen LogP contribution in [0.3, 0.4) is 0 Å². The normalized spacial score (nSPS) is 10.6. The van der Waals surface area contributed by atoms with Gasteiger partial charge < -0.3 is 5.32 Å². The van der Waals surface area contributed by atoms with Crippen LogP contribution in [0.25, 0.3) is 0 Å². The van der Waals surface area contributed by atoms with Crippen molar-refractivity contribution >= 4 is 5.69 Å². The zero-order chi connectivity index (χ0) is 12.4. The van der Waals surface area contributed by atoms with E-state index in [1.807, 2.05) is 31.6 Å². The SMILES string of the molecule is Cc1cc(CNc2cc(F)ccc2C)n(C)n1. The summed E-state index contributed by atoms with van der Waals surface area (Å²) in [6.07, 6.45) is 0. The van der Waals surface area contributed by atoms with Crippen molar-refractivity contribution in [3.63, 3.8) is 0 Å². The number of aryl methyl sites for hydroxylation is 3. The maximum absolute atomic E-state index is 13.1. The molecule has 0 bridgehead atoms. The number of nitrogens with one attached hydrogen (secondary N) is 1. The molecular weight excluding hydrogens is 217 g/mol. The summed E-state index contributed by atoms with van der Waals surface area (Å²) >= 11 is 0. The third-order valence-corrected chi connectivity index (χ3v) is 2.76. The van der Waals surface area contributed by atoms with Gasteiger partial charge in [0.1, 0.15) is 5.82 Å². The van der Waals surface area contributed by atoms with E-state index in [9.17, 15) is 4.39 Å². The fourth-order valence-corrected chi connectivity index (χ4v) is 1.80. The molecule has 0 saturated heterocycles. The minimum atomic E-state index is -0.223. The molecule has 0 aliphatic carbocycles. The summed E-state index contributed by atoms with van der Waals surface area (Å²) in [7, 11) is 1.91. The molecule has 0 amide bonds. The van der Waals surface area contributed by atoms with Crippen molar-refractivity contribution in [1.29, 1.82) is 0 Å². The van der Waals surface area contributed by atoms with Gasteiger partial charge in [-0.3, -0.25) is 4.68 Å². The number of aromatic nitrogens is 2. The Labute approximate surface area is 100 Å². The molecule has 1 N–H and O–H groups in total. The molecule has 4 heteroatoms. The van der Waals surface area contributed by atoms with Crippen LogP contribution in [-0.4, -0.2) is 9.78 Å². The predicted molar refractivity (Wildman–Crippen MR) is 66.4 cm³/mol. The first-order valence-electron chi connectivity index (χ1n) is 5.56. The molecule has 17 heavy (non-hydrogen) atoms. The van der Waals surface area contributed by atoms with Crippen LogP contribution in [0.1, 0.15) is 17.0 Å². The van der Waals surface area contributed by atoms with Gasteiger partial charge in [-0.1, -0.05) is 6.07 Å². The Bertz CT molecular complexity index is 531. The van der Waals surface area contributed by atoms with Crippen molar-refractivity contribution in [3.8, 4) is 0 Å². The lowest BCUT2D eigenvalue weighted by Crippen LogP contribution is -2.06. The van der Waals surface area contributed by atoms with Gasteiger partial charge in [-0.15, -0.1) is 0 Å². The van der Waals surface area contributed by atoms with Gasteiger partial charge in [0.05, 0.1) is 17.9 Å². The lowest BCUT2D eigenvalue weighted by atomic mass is 10.2. The molecule has 0 saturated carbocycles. The van der Waals surface area contributed by atoms with Crippen molar-refractivity contribution in [2.45, 2.75) is 20.4 Å². The topological polar surface area (TPSA) is 29.9 Å². The number of hydrogen-bond acceptors (Lipinski definition) is 2. The van der Waals surface area contributed by atoms with E-state index < -0.39 is 0 Å². The molecule has 2 rings (SSSR count). The average molecular weight is 233 g/mol. The molecule has 0 aliphatic heterocycles. The minimum Gasteiger partial charge on any atom is -0.379 e. The molecular formula is C13H16FN3. The third kappa shape index (κ3) is 2.64. The van der Waals surface area contributed by atoms with Crippen molar-refractivity contribution in [2.75, 3.05) is 5.32 Å². The molecule has 90 valence electrons. The van der Waals surface area contributed by atoms with Crippen LogP contribution in [0.4, 0.5) is 10.1 Å². The molecule has 0 radical (unpaired) electrons. The number of nitrogens with zero attached hydrogens (tertiary/aromatic N) is 2. The zero-order valence-electron chi connectivity index (χ0n) is 10.3. The second-order valence-electron chi connectivity index (χ2n) is 4.21. The number of rotatable bonds is 3. The van der Waals surface area contributed by atoms with Gasteiger partial charge in [-0.25, -0.2) is 4.39 Å². The molecule has 1 heterocycles. The van der Waals surface area contributed by atoms with E-state index in [0.717, 1.165) is 22.6 Å². The summed E-state index contributed by atoms with van der Waals surface area (Å²) in [5.74, 6) is -0.223. The Kier molecular flexibility index (Phi) is 3.13. The Morgan fingerprint density at radius 1 is 1.29 bits per heavy atom. The molecule has 3 nitrogen and oxygen atoms in total. The molecule has 1 aromatic carbocycles. The van der Waals surface area contributed by atoms with Crippen molar-refractivity contribution in [3.05, 3.63) is 47.0 Å². The lowest BCUT2D eigenvalue weighted by Gasteiger charge is -2.09. The smallest absolute Gasteiger partial charge is 0.125 e. The summed E-state index contributed by atoms with van der Waals surface area (Å²) in [4.78, 5) is 0. The largest absolute Gasteiger partial charge is 0.379 e. The van der Waals surface area contributed by atoms with E-state index in [0.29, 0.717) is 6.54 Å². The first kappa shape index (κ1) is 11.6. The molecule has 0 unspecified atom stereocenters. The summed E-state index contributed by atoms with van der Waals surface area (Å²) in [5.41, 5.74) is 3.92. The molecule has 0 atom stereocenters. The predicted octanol–water partition coefficient (Wildman–Crippen LogP) is 2.79. The van der Waals surface area contributed by atoms with E-state index in [1.165, 1.54) is 12.1 Å². The van der Waals surface area contributed by atoms with E-state index in [-0.39, 0.29) is 5.82 Å². The van der Waals surface area contributed by atoms with Crippen LogP contribution in [0, 0.1) is 19.7 Å². The van der Waals surface area contributed by atoms with Crippen molar-refractivity contribution < 1.29 is 4.39 Å². The van der Waals surface area contributed by atoms with Gasteiger partial charge in [0.15, 0.2) is 0 Å². The number of benzene rings is 1. The minimum absolute atomic E-state index is 0.223. The van der Waals surface area contributed by atoms with Gasteiger partial charge in [-0.2, -0.15) is 5.10 Å². The highest BCUT2D eigenvalue weighted by atomic mass is 19.1. The average Bonchev–Trinajstić information content (AvgIpc) is 2.59. The summed E-state index contributed by atoms with van der Waals surface area (Å²) in [6, 6.07) is 6.76. The monoisotopic (exact) mass is 233 g/mol. The molecule has 0 spiro atoms. The maximum Gasteiger partial charge on any atom is 0.125 e. The van der Waals surface area contributed by atoms with Crippen LogP contribution in [0.15, 0.2) is 24.3 Å². The Hall–Kier alpha value is -1.84. The Morgan fingerprint density at radius 3 is 2.71 bits per heavy atom. The number of halogens is 1. The molecule has 0 fully saturated rings. The van der Waals surface area contributed by atoms with E-state index in [4.69, 9.17) is 0 Å². The van der Waals surface area contributed by atoms with Crippen LogP contribution in [-0.2, 0) is 13.6 Å².